The van der Waals surface area contributed by atoms with Gasteiger partial charge in [0, 0.05) is 24.2 Å². The fraction of sp³-hybridized carbons (Fsp3) is 0.667. The van der Waals surface area contributed by atoms with Crippen LogP contribution in [0.1, 0.15) is 81.7 Å². The first kappa shape index (κ1) is 25.8. The molecule has 0 N–H and O–H groups in total. The molecule has 0 aliphatic rings. The first-order chi connectivity index (χ1) is 13.7. The molecule has 0 bridgehead atoms. The highest BCUT2D eigenvalue weighted by Gasteiger charge is 2.27. The maximum atomic E-state index is 12.9. The van der Waals surface area contributed by atoms with Crippen molar-refractivity contribution in [3.8, 4) is 11.5 Å². The SMILES string of the molecule is CC(C)N(C(=O)Oc1ccc(C(C)(C)C)cc1OC(=O)N(C(C)C)C(C)C)C(C)C. The Morgan fingerprint density at radius 2 is 1.07 bits per heavy atom. The van der Waals surface area contributed by atoms with Crippen LogP contribution in [0.2, 0.25) is 0 Å². The van der Waals surface area contributed by atoms with Gasteiger partial charge in [-0.05, 0) is 78.5 Å². The van der Waals surface area contributed by atoms with Crippen molar-refractivity contribution in [1.29, 1.82) is 0 Å². The van der Waals surface area contributed by atoms with Crippen molar-refractivity contribution in [2.45, 2.75) is 106 Å². The zero-order valence-corrected chi connectivity index (χ0v) is 20.6. The largest absolute Gasteiger partial charge is 0.415 e. The van der Waals surface area contributed by atoms with Crippen molar-refractivity contribution in [2.24, 2.45) is 0 Å². The molecule has 0 heterocycles. The zero-order valence-electron chi connectivity index (χ0n) is 20.6. The summed E-state index contributed by atoms with van der Waals surface area (Å²) in [6.45, 7) is 21.8. The van der Waals surface area contributed by atoms with Crippen LogP contribution in [0.5, 0.6) is 11.5 Å². The third-order valence-electron chi connectivity index (χ3n) is 4.85. The molecule has 2 amide bonds. The molecule has 0 aromatic heterocycles. The van der Waals surface area contributed by atoms with E-state index < -0.39 is 12.2 Å². The number of carbonyl (C=O) groups excluding carboxylic acids is 2. The van der Waals surface area contributed by atoms with E-state index in [1.807, 2.05) is 61.5 Å². The first-order valence-corrected chi connectivity index (χ1v) is 10.8. The maximum Gasteiger partial charge on any atom is 0.415 e. The average molecular weight is 421 g/mol. The maximum absolute atomic E-state index is 12.9. The van der Waals surface area contributed by atoms with Gasteiger partial charge in [-0.2, -0.15) is 0 Å². The first-order valence-electron chi connectivity index (χ1n) is 10.8. The van der Waals surface area contributed by atoms with Crippen molar-refractivity contribution < 1.29 is 19.1 Å². The van der Waals surface area contributed by atoms with E-state index >= 15 is 0 Å². The normalized spacial score (nSPS) is 12.0. The summed E-state index contributed by atoms with van der Waals surface area (Å²) in [5.74, 6) is 0.486. The highest BCUT2D eigenvalue weighted by molar-refractivity contribution is 5.75. The second-order valence-corrected chi connectivity index (χ2v) is 9.84. The van der Waals surface area contributed by atoms with Crippen LogP contribution in [0.15, 0.2) is 18.2 Å². The van der Waals surface area contributed by atoms with E-state index in [-0.39, 0.29) is 41.1 Å². The molecular weight excluding hydrogens is 380 g/mol. The molecule has 6 heteroatoms. The lowest BCUT2D eigenvalue weighted by atomic mass is 9.87. The summed E-state index contributed by atoms with van der Waals surface area (Å²) in [6, 6.07) is 5.31. The zero-order chi connectivity index (χ0) is 23.4. The van der Waals surface area contributed by atoms with Gasteiger partial charge in [0.2, 0.25) is 0 Å². The second-order valence-electron chi connectivity index (χ2n) is 9.84. The molecular formula is C24H40N2O4. The minimum absolute atomic E-state index is 0.0188. The van der Waals surface area contributed by atoms with Crippen LogP contribution < -0.4 is 9.47 Å². The number of ether oxygens (including phenoxy) is 2. The summed E-state index contributed by atoms with van der Waals surface area (Å²) in [4.78, 5) is 29.0. The van der Waals surface area contributed by atoms with E-state index in [0.717, 1.165) is 5.56 Å². The van der Waals surface area contributed by atoms with Crippen LogP contribution in [0.3, 0.4) is 0 Å². The Morgan fingerprint density at radius 3 is 1.40 bits per heavy atom. The highest BCUT2D eigenvalue weighted by atomic mass is 16.6. The van der Waals surface area contributed by atoms with Gasteiger partial charge < -0.3 is 19.3 Å². The van der Waals surface area contributed by atoms with Gasteiger partial charge in [-0.3, -0.25) is 0 Å². The van der Waals surface area contributed by atoms with E-state index in [4.69, 9.17) is 9.47 Å². The van der Waals surface area contributed by atoms with E-state index in [1.165, 1.54) is 0 Å². The molecule has 6 nitrogen and oxygen atoms in total. The average Bonchev–Trinajstić information content (AvgIpc) is 2.53. The van der Waals surface area contributed by atoms with Crippen molar-refractivity contribution in [3.05, 3.63) is 23.8 Å². The van der Waals surface area contributed by atoms with Crippen LogP contribution in [0, 0.1) is 0 Å². The summed E-state index contributed by atoms with van der Waals surface area (Å²) < 4.78 is 11.4. The van der Waals surface area contributed by atoms with Gasteiger partial charge in [0.05, 0.1) is 0 Å². The smallest absolute Gasteiger partial charge is 0.406 e. The molecule has 170 valence electrons. The van der Waals surface area contributed by atoms with E-state index in [2.05, 4.69) is 20.8 Å². The minimum Gasteiger partial charge on any atom is -0.406 e. The van der Waals surface area contributed by atoms with Crippen LogP contribution in [0.25, 0.3) is 0 Å². The molecule has 1 aromatic rings. The number of hydrogen-bond acceptors (Lipinski definition) is 4. The quantitative estimate of drug-likeness (QED) is 0.548. The van der Waals surface area contributed by atoms with Crippen LogP contribution in [-0.4, -0.2) is 46.2 Å². The molecule has 0 aliphatic heterocycles. The van der Waals surface area contributed by atoms with Gasteiger partial charge in [0.25, 0.3) is 0 Å². The Morgan fingerprint density at radius 1 is 0.700 bits per heavy atom. The topological polar surface area (TPSA) is 59.1 Å². The Kier molecular flexibility index (Phi) is 8.76. The molecule has 0 spiro atoms. The molecule has 0 radical (unpaired) electrons. The predicted octanol–water partition coefficient (Wildman–Crippen LogP) is 6.22. The Balaban J connectivity index is 3.33. The molecule has 0 aliphatic carbocycles. The summed E-state index contributed by atoms with van der Waals surface area (Å²) in [5.41, 5.74) is 0.830. The van der Waals surface area contributed by atoms with Gasteiger partial charge in [0.1, 0.15) is 0 Å². The van der Waals surface area contributed by atoms with Crippen molar-refractivity contribution in [2.75, 3.05) is 0 Å². The van der Waals surface area contributed by atoms with Gasteiger partial charge in [-0.1, -0.05) is 26.8 Å². The Bertz CT molecular complexity index is 717. The van der Waals surface area contributed by atoms with E-state index in [1.54, 1.807) is 21.9 Å². The lowest BCUT2D eigenvalue weighted by Crippen LogP contribution is -2.44. The number of benzene rings is 1. The molecule has 30 heavy (non-hydrogen) atoms. The van der Waals surface area contributed by atoms with Gasteiger partial charge in [-0.15, -0.1) is 0 Å². The van der Waals surface area contributed by atoms with E-state index in [9.17, 15) is 9.59 Å². The predicted molar refractivity (Wildman–Crippen MR) is 121 cm³/mol. The molecule has 0 unspecified atom stereocenters. The fourth-order valence-corrected chi connectivity index (χ4v) is 3.47. The minimum atomic E-state index is -0.467. The van der Waals surface area contributed by atoms with E-state index in [0.29, 0.717) is 0 Å². The third kappa shape index (κ3) is 6.64. The fourth-order valence-electron chi connectivity index (χ4n) is 3.47. The molecule has 0 saturated carbocycles. The summed E-state index contributed by atoms with van der Waals surface area (Å²) >= 11 is 0. The second kappa shape index (κ2) is 10.2. The molecule has 1 aromatic carbocycles. The Hall–Kier alpha value is -2.24. The van der Waals surface area contributed by atoms with Crippen molar-refractivity contribution >= 4 is 12.2 Å². The molecule has 0 fully saturated rings. The van der Waals surface area contributed by atoms with Crippen molar-refractivity contribution in [3.63, 3.8) is 0 Å². The number of nitrogens with zero attached hydrogens (tertiary/aromatic N) is 2. The van der Waals surface area contributed by atoms with Gasteiger partial charge >= 0.3 is 12.2 Å². The third-order valence-corrected chi connectivity index (χ3v) is 4.85. The number of amides is 2. The lowest BCUT2D eigenvalue weighted by molar-refractivity contribution is 0.113. The molecule has 1 rings (SSSR count). The lowest BCUT2D eigenvalue weighted by Gasteiger charge is -2.31. The summed E-state index contributed by atoms with van der Waals surface area (Å²) in [7, 11) is 0. The van der Waals surface area contributed by atoms with Crippen LogP contribution >= 0.6 is 0 Å². The van der Waals surface area contributed by atoms with Gasteiger partial charge in [-0.25, -0.2) is 9.59 Å². The van der Waals surface area contributed by atoms with Crippen LogP contribution in [-0.2, 0) is 5.41 Å². The highest BCUT2D eigenvalue weighted by Crippen LogP contribution is 2.34. The monoisotopic (exact) mass is 420 g/mol. The number of hydrogen-bond donors (Lipinski definition) is 0. The number of carbonyl (C=O) groups is 2. The molecule has 0 saturated heterocycles. The number of rotatable bonds is 6. The summed E-state index contributed by atoms with van der Waals surface area (Å²) in [6.07, 6.45) is -0.932. The van der Waals surface area contributed by atoms with Crippen molar-refractivity contribution in [1.82, 2.24) is 9.80 Å². The Labute approximate surface area is 182 Å². The van der Waals surface area contributed by atoms with Crippen LogP contribution in [0.4, 0.5) is 9.59 Å². The summed E-state index contributed by atoms with van der Waals surface area (Å²) in [5, 5.41) is 0. The standard InChI is InChI=1S/C24H40N2O4/c1-15(2)25(16(3)4)22(27)29-20-13-12-19(24(9,10)11)14-21(20)30-23(28)26(17(5)6)18(7)8/h12-18H,1-11H3. The van der Waals surface area contributed by atoms with Gasteiger partial charge in [0.15, 0.2) is 11.5 Å². The molecule has 0 atom stereocenters.